The molecule has 3 rings (SSSR count). The molecule has 0 aliphatic carbocycles. The smallest absolute Gasteiger partial charge is 0.0801 e. The zero-order chi connectivity index (χ0) is 14.5. The first-order valence-electron chi connectivity index (χ1n) is 7.22. The second-order valence-electron chi connectivity index (χ2n) is 4.97. The minimum Gasteiger partial charge on any atom is -0.309 e. The summed E-state index contributed by atoms with van der Waals surface area (Å²) in [7, 11) is 0. The zero-order valence-electron chi connectivity index (χ0n) is 12.1. The highest BCUT2D eigenvalue weighted by atomic mass is 32.1. The number of nitrogens with zero attached hydrogens (tertiary/aromatic N) is 2. The maximum atomic E-state index is 4.74. The highest BCUT2D eigenvalue weighted by Gasteiger charge is 2.14. The molecule has 0 aliphatic heterocycles. The van der Waals surface area contributed by atoms with Crippen LogP contribution in [-0.2, 0) is 6.42 Å². The van der Waals surface area contributed by atoms with Crippen molar-refractivity contribution in [3.63, 3.8) is 0 Å². The third-order valence-corrected chi connectivity index (χ3v) is 4.19. The zero-order valence-corrected chi connectivity index (χ0v) is 12.9. The third kappa shape index (κ3) is 3.40. The Labute approximate surface area is 129 Å². The molecule has 3 nitrogen and oxygen atoms in total. The molecule has 4 heteroatoms. The van der Waals surface area contributed by atoms with E-state index in [1.165, 1.54) is 5.56 Å². The number of rotatable bonds is 6. The summed E-state index contributed by atoms with van der Waals surface area (Å²) in [5.41, 5.74) is 3.54. The van der Waals surface area contributed by atoms with Crippen LogP contribution in [0.25, 0.3) is 5.69 Å². The normalized spacial score (nSPS) is 12.4. The molecule has 108 valence electrons. The second kappa shape index (κ2) is 6.70. The lowest BCUT2D eigenvalue weighted by molar-refractivity contribution is 0.532. The molecule has 1 aromatic carbocycles. The van der Waals surface area contributed by atoms with Gasteiger partial charge in [0.15, 0.2) is 0 Å². The van der Waals surface area contributed by atoms with Crippen LogP contribution in [0.2, 0.25) is 0 Å². The predicted molar refractivity (Wildman–Crippen MR) is 88.0 cm³/mol. The van der Waals surface area contributed by atoms with Crippen LogP contribution in [0.15, 0.2) is 59.4 Å². The predicted octanol–water partition coefficient (Wildman–Crippen LogP) is 3.83. The second-order valence-corrected chi connectivity index (χ2v) is 5.75. The molecule has 0 fully saturated rings. The van der Waals surface area contributed by atoms with Crippen LogP contribution in [0.5, 0.6) is 0 Å². The van der Waals surface area contributed by atoms with E-state index in [-0.39, 0.29) is 6.04 Å². The fourth-order valence-corrected chi connectivity index (χ4v) is 3.10. The summed E-state index contributed by atoms with van der Waals surface area (Å²) in [5.74, 6) is 0. The molecule has 2 heterocycles. The minimum atomic E-state index is 0.259. The highest BCUT2D eigenvalue weighted by molar-refractivity contribution is 7.07. The standard InChI is InChI=1S/C17H19N3S/c1-2-18-17(12-14-9-11-21-13-14)16-8-10-20(19-16)15-6-4-3-5-7-15/h3-11,13,17-18H,2,12H2,1H3. The van der Waals surface area contributed by atoms with Crippen molar-refractivity contribution in [1.82, 2.24) is 15.1 Å². The van der Waals surface area contributed by atoms with Crippen LogP contribution in [0, 0.1) is 0 Å². The van der Waals surface area contributed by atoms with Crippen molar-refractivity contribution in [1.29, 1.82) is 0 Å². The van der Waals surface area contributed by atoms with E-state index in [9.17, 15) is 0 Å². The Bertz CT molecular complexity index is 658. The van der Waals surface area contributed by atoms with Gasteiger partial charge in [0.25, 0.3) is 0 Å². The average molecular weight is 297 g/mol. The van der Waals surface area contributed by atoms with Crippen LogP contribution < -0.4 is 5.32 Å². The number of hydrogen-bond acceptors (Lipinski definition) is 3. The van der Waals surface area contributed by atoms with Gasteiger partial charge in [-0.05, 0) is 53.6 Å². The SMILES string of the molecule is CCNC(Cc1ccsc1)c1ccn(-c2ccccc2)n1. The van der Waals surface area contributed by atoms with Crippen LogP contribution >= 0.6 is 11.3 Å². The molecule has 0 saturated heterocycles. The molecular formula is C17H19N3S. The van der Waals surface area contributed by atoms with E-state index < -0.39 is 0 Å². The summed E-state index contributed by atoms with van der Waals surface area (Å²) in [6, 6.07) is 14.8. The van der Waals surface area contributed by atoms with Gasteiger partial charge in [-0.1, -0.05) is 25.1 Å². The molecule has 1 unspecified atom stereocenters. The fraction of sp³-hybridized carbons (Fsp3) is 0.235. The lowest BCUT2D eigenvalue weighted by Gasteiger charge is -2.15. The number of aromatic nitrogens is 2. The topological polar surface area (TPSA) is 29.9 Å². The molecule has 0 saturated carbocycles. The number of nitrogens with one attached hydrogen (secondary N) is 1. The van der Waals surface area contributed by atoms with Crippen molar-refractivity contribution in [2.75, 3.05) is 6.54 Å². The van der Waals surface area contributed by atoms with Crippen LogP contribution in [0.3, 0.4) is 0 Å². The van der Waals surface area contributed by atoms with Gasteiger partial charge in [-0.25, -0.2) is 4.68 Å². The summed E-state index contributed by atoms with van der Waals surface area (Å²) in [6.07, 6.45) is 3.01. The van der Waals surface area contributed by atoms with Crippen molar-refractivity contribution in [3.05, 3.63) is 70.7 Å². The molecule has 0 amide bonds. The van der Waals surface area contributed by atoms with Crippen molar-refractivity contribution in [2.24, 2.45) is 0 Å². The summed E-state index contributed by atoms with van der Waals surface area (Å²) in [6.45, 7) is 3.07. The lowest BCUT2D eigenvalue weighted by atomic mass is 10.1. The number of hydrogen-bond donors (Lipinski definition) is 1. The van der Waals surface area contributed by atoms with Crippen molar-refractivity contribution < 1.29 is 0 Å². The monoisotopic (exact) mass is 297 g/mol. The van der Waals surface area contributed by atoms with Gasteiger partial charge in [0.1, 0.15) is 0 Å². The molecular weight excluding hydrogens is 278 g/mol. The fourth-order valence-electron chi connectivity index (χ4n) is 2.42. The number of para-hydroxylation sites is 1. The molecule has 0 aliphatic rings. The molecule has 0 radical (unpaired) electrons. The average Bonchev–Trinajstić information content (AvgIpc) is 3.19. The molecule has 3 aromatic rings. The van der Waals surface area contributed by atoms with Crippen molar-refractivity contribution in [2.45, 2.75) is 19.4 Å². The lowest BCUT2D eigenvalue weighted by Crippen LogP contribution is -2.23. The number of thiophene rings is 1. The third-order valence-electron chi connectivity index (χ3n) is 3.46. The van der Waals surface area contributed by atoms with Gasteiger partial charge < -0.3 is 5.32 Å². The Kier molecular flexibility index (Phi) is 4.48. The first-order valence-corrected chi connectivity index (χ1v) is 8.16. The summed E-state index contributed by atoms with van der Waals surface area (Å²) >= 11 is 1.74. The first kappa shape index (κ1) is 14.0. The minimum absolute atomic E-state index is 0.259. The van der Waals surface area contributed by atoms with E-state index in [0.29, 0.717) is 0 Å². The molecule has 0 spiro atoms. The van der Waals surface area contributed by atoms with E-state index in [1.807, 2.05) is 29.1 Å². The van der Waals surface area contributed by atoms with Crippen LogP contribution in [0.1, 0.15) is 24.2 Å². The Balaban J connectivity index is 1.81. The quantitative estimate of drug-likeness (QED) is 0.749. The number of likely N-dealkylation sites (N-methyl/N-ethyl adjacent to an activating group) is 1. The largest absolute Gasteiger partial charge is 0.309 e. The van der Waals surface area contributed by atoms with E-state index in [4.69, 9.17) is 5.10 Å². The van der Waals surface area contributed by atoms with Gasteiger partial charge in [-0.2, -0.15) is 16.4 Å². The maximum Gasteiger partial charge on any atom is 0.0801 e. The van der Waals surface area contributed by atoms with E-state index >= 15 is 0 Å². The first-order chi connectivity index (χ1) is 10.4. The molecule has 1 N–H and O–H groups in total. The summed E-state index contributed by atoms with van der Waals surface area (Å²) in [4.78, 5) is 0. The Morgan fingerprint density at radius 1 is 1.19 bits per heavy atom. The van der Waals surface area contributed by atoms with Gasteiger partial charge in [0.05, 0.1) is 17.4 Å². The van der Waals surface area contributed by atoms with Gasteiger partial charge in [0.2, 0.25) is 0 Å². The molecule has 21 heavy (non-hydrogen) atoms. The molecule has 1 atom stereocenters. The van der Waals surface area contributed by atoms with E-state index in [0.717, 1.165) is 24.3 Å². The summed E-state index contributed by atoms with van der Waals surface area (Å²) in [5, 5.41) is 12.6. The van der Waals surface area contributed by atoms with E-state index in [1.54, 1.807) is 11.3 Å². The maximum absolute atomic E-state index is 4.74. The molecule has 0 bridgehead atoms. The van der Waals surface area contributed by atoms with Gasteiger partial charge in [0, 0.05) is 6.20 Å². The van der Waals surface area contributed by atoms with Gasteiger partial charge in [-0.3, -0.25) is 0 Å². The van der Waals surface area contributed by atoms with Gasteiger partial charge >= 0.3 is 0 Å². The van der Waals surface area contributed by atoms with Crippen LogP contribution in [0.4, 0.5) is 0 Å². The van der Waals surface area contributed by atoms with Crippen molar-refractivity contribution >= 4 is 11.3 Å². The van der Waals surface area contributed by atoms with Crippen molar-refractivity contribution in [3.8, 4) is 5.69 Å². The van der Waals surface area contributed by atoms with Crippen LogP contribution in [-0.4, -0.2) is 16.3 Å². The van der Waals surface area contributed by atoms with Gasteiger partial charge in [-0.15, -0.1) is 0 Å². The molecule has 2 aromatic heterocycles. The number of benzene rings is 1. The summed E-state index contributed by atoms with van der Waals surface area (Å²) < 4.78 is 1.94. The van der Waals surface area contributed by atoms with E-state index in [2.05, 4.69) is 47.3 Å². The highest BCUT2D eigenvalue weighted by Crippen LogP contribution is 2.19. The Morgan fingerprint density at radius 2 is 2.05 bits per heavy atom. The Morgan fingerprint density at radius 3 is 2.76 bits per heavy atom. The Hall–Kier alpha value is -1.91.